The van der Waals surface area contributed by atoms with Crippen molar-refractivity contribution < 1.29 is 4.79 Å². The maximum absolute atomic E-state index is 12.8. The highest BCUT2D eigenvalue weighted by molar-refractivity contribution is 7.99. The normalized spacial score (nSPS) is 20.3. The van der Waals surface area contributed by atoms with Gasteiger partial charge >= 0.3 is 0 Å². The van der Waals surface area contributed by atoms with Crippen LogP contribution in [-0.4, -0.2) is 35.0 Å². The SMILES string of the molecule is Cc1cccc(Sc2nccnc2N2CCC[C@@H](C(=O)NC3CCCC3)C2)c1. The van der Waals surface area contributed by atoms with Crippen molar-refractivity contribution in [2.24, 2.45) is 5.92 Å². The summed E-state index contributed by atoms with van der Waals surface area (Å²) in [6, 6.07) is 8.81. The van der Waals surface area contributed by atoms with Crippen molar-refractivity contribution in [3.63, 3.8) is 0 Å². The van der Waals surface area contributed by atoms with E-state index in [9.17, 15) is 4.79 Å². The molecule has 1 aromatic carbocycles. The number of benzene rings is 1. The highest BCUT2D eigenvalue weighted by Crippen LogP contribution is 2.34. The standard InChI is InChI=1S/C22H28N4OS/c1-16-6-4-10-19(14-16)28-22-20(23-11-12-24-22)26-13-5-7-17(15-26)21(27)25-18-8-2-3-9-18/h4,6,10-12,14,17-18H,2-3,5,7-9,13,15H2,1H3,(H,25,27)/t17-/m1/s1. The first-order chi connectivity index (χ1) is 13.7. The first kappa shape index (κ1) is 19.2. The summed E-state index contributed by atoms with van der Waals surface area (Å²) in [6.07, 6.45) is 10.2. The van der Waals surface area contributed by atoms with Crippen molar-refractivity contribution in [1.29, 1.82) is 0 Å². The van der Waals surface area contributed by atoms with Gasteiger partial charge in [0.15, 0.2) is 5.82 Å². The Labute approximate surface area is 171 Å². The predicted octanol–water partition coefficient (Wildman–Crippen LogP) is 4.21. The molecule has 2 aromatic rings. The van der Waals surface area contributed by atoms with Gasteiger partial charge in [0.05, 0.1) is 5.92 Å². The van der Waals surface area contributed by atoms with Gasteiger partial charge in [-0.25, -0.2) is 9.97 Å². The number of anilines is 1. The Bertz CT molecular complexity index is 822. The summed E-state index contributed by atoms with van der Waals surface area (Å²) in [5, 5.41) is 4.18. The van der Waals surface area contributed by atoms with Crippen LogP contribution < -0.4 is 10.2 Å². The van der Waals surface area contributed by atoms with Crippen LogP contribution in [-0.2, 0) is 4.79 Å². The van der Waals surface area contributed by atoms with E-state index in [0.29, 0.717) is 6.04 Å². The molecule has 2 aliphatic rings. The van der Waals surface area contributed by atoms with E-state index in [1.54, 1.807) is 24.2 Å². The van der Waals surface area contributed by atoms with Crippen LogP contribution in [0.15, 0.2) is 46.6 Å². The predicted molar refractivity (Wildman–Crippen MR) is 113 cm³/mol. The van der Waals surface area contributed by atoms with Gasteiger partial charge in [0.1, 0.15) is 5.03 Å². The second-order valence-corrected chi connectivity index (χ2v) is 8.94. The summed E-state index contributed by atoms with van der Waals surface area (Å²) >= 11 is 1.64. The van der Waals surface area contributed by atoms with E-state index >= 15 is 0 Å². The fourth-order valence-electron chi connectivity index (χ4n) is 4.17. The third-order valence-corrected chi connectivity index (χ3v) is 6.61. The lowest BCUT2D eigenvalue weighted by molar-refractivity contribution is -0.125. The lowest BCUT2D eigenvalue weighted by atomic mass is 9.96. The molecule has 1 saturated carbocycles. The Hall–Kier alpha value is -2.08. The van der Waals surface area contributed by atoms with E-state index < -0.39 is 0 Å². The van der Waals surface area contributed by atoms with Gasteiger partial charge in [-0.05, 0) is 44.7 Å². The molecule has 1 aliphatic carbocycles. The minimum Gasteiger partial charge on any atom is -0.354 e. The van der Waals surface area contributed by atoms with Crippen LogP contribution in [0.2, 0.25) is 0 Å². The average molecular weight is 397 g/mol. The van der Waals surface area contributed by atoms with Crippen LogP contribution in [0.1, 0.15) is 44.1 Å². The lowest BCUT2D eigenvalue weighted by Gasteiger charge is -2.34. The number of rotatable bonds is 5. The molecule has 1 atom stereocenters. The van der Waals surface area contributed by atoms with E-state index in [0.717, 1.165) is 54.5 Å². The van der Waals surface area contributed by atoms with Crippen molar-refractivity contribution in [3.8, 4) is 0 Å². The van der Waals surface area contributed by atoms with E-state index in [4.69, 9.17) is 0 Å². The van der Waals surface area contributed by atoms with Gasteiger partial charge in [-0.15, -0.1) is 0 Å². The Kier molecular flexibility index (Phi) is 6.15. The summed E-state index contributed by atoms with van der Waals surface area (Å²) in [4.78, 5) is 25.4. The van der Waals surface area contributed by atoms with Gasteiger partial charge in [-0.2, -0.15) is 0 Å². The minimum absolute atomic E-state index is 0.0353. The van der Waals surface area contributed by atoms with Crippen LogP contribution in [0, 0.1) is 12.8 Å². The van der Waals surface area contributed by atoms with Crippen LogP contribution in [0.5, 0.6) is 0 Å². The highest BCUT2D eigenvalue weighted by Gasteiger charge is 2.29. The number of piperidine rings is 1. The number of nitrogens with zero attached hydrogens (tertiary/aromatic N) is 3. The van der Waals surface area contributed by atoms with E-state index in [2.05, 4.69) is 51.4 Å². The van der Waals surface area contributed by atoms with Crippen molar-refractivity contribution in [2.45, 2.75) is 61.4 Å². The molecular formula is C22H28N4OS. The van der Waals surface area contributed by atoms with Crippen LogP contribution >= 0.6 is 11.8 Å². The Morgan fingerprint density at radius 1 is 1.14 bits per heavy atom. The molecule has 6 heteroatoms. The van der Waals surface area contributed by atoms with Gasteiger partial charge in [-0.1, -0.05) is 42.3 Å². The number of hydrogen-bond donors (Lipinski definition) is 1. The van der Waals surface area contributed by atoms with Crippen LogP contribution in [0.3, 0.4) is 0 Å². The zero-order chi connectivity index (χ0) is 19.3. The third-order valence-electron chi connectivity index (χ3n) is 5.64. The van der Waals surface area contributed by atoms with Crippen LogP contribution in [0.4, 0.5) is 5.82 Å². The molecular weight excluding hydrogens is 368 g/mol. The van der Waals surface area contributed by atoms with Gasteiger partial charge < -0.3 is 10.2 Å². The third kappa shape index (κ3) is 4.66. The second-order valence-electron chi connectivity index (χ2n) is 7.88. The second kappa shape index (κ2) is 8.95. The molecule has 28 heavy (non-hydrogen) atoms. The summed E-state index contributed by atoms with van der Waals surface area (Å²) in [7, 11) is 0. The molecule has 5 nitrogen and oxygen atoms in total. The number of carbonyl (C=O) groups is 1. The summed E-state index contributed by atoms with van der Waals surface area (Å²) in [5.41, 5.74) is 1.23. The lowest BCUT2D eigenvalue weighted by Crippen LogP contribution is -2.45. The molecule has 1 saturated heterocycles. The number of hydrogen-bond acceptors (Lipinski definition) is 5. The van der Waals surface area contributed by atoms with Crippen molar-refractivity contribution in [3.05, 3.63) is 42.2 Å². The van der Waals surface area contributed by atoms with Gasteiger partial charge in [0, 0.05) is 36.4 Å². The molecule has 1 amide bonds. The zero-order valence-electron chi connectivity index (χ0n) is 16.4. The van der Waals surface area contributed by atoms with Crippen LogP contribution in [0.25, 0.3) is 0 Å². The van der Waals surface area contributed by atoms with Crippen molar-refractivity contribution in [1.82, 2.24) is 15.3 Å². The minimum atomic E-state index is 0.0353. The first-order valence-electron chi connectivity index (χ1n) is 10.3. The molecule has 1 aliphatic heterocycles. The molecule has 0 radical (unpaired) electrons. The van der Waals surface area contributed by atoms with Gasteiger partial charge in [-0.3, -0.25) is 4.79 Å². The van der Waals surface area contributed by atoms with Gasteiger partial charge in [0.2, 0.25) is 5.91 Å². The maximum atomic E-state index is 12.8. The first-order valence-corrected chi connectivity index (χ1v) is 11.1. The molecule has 0 unspecified atom stereocenters. The molecule has 148 valence electrons. The average Bonchev–Trinajstić information content (AvgIpc) is 3.22. The number of amides is 1. The fourth-order valence-corrected chi connectivity index (χ4v) is 5.17. The molecule has 2 fully saturated rings. The summed E-state index contributed by atoms with van der Waals surface area (Å²) in [6.45, 7) is 3.74. The number of nitrogens with one attached hydrogen (secondary N) is 1. The van der Waals surface area contributed by atoms with Gasteiger partial charge in [0.25, 0.3) is 0 Å². The smallest absolute Gasteiger partial charge is 0.225 e. The zero-order valence-corrected chi connectivity index (χ0v) is 17.3. The van der Waals surface area contributed by atoms with Crippen molar-refractivity contribution in [2.75, 3.05) is 18.0 Å². The molecule has 1 N–H and O–H groups in total. The van der Waals surface area contributed by atoms with E-state index in [1.807, 2.05) is 0 Å². The Morgan fingerprint density at radius 2 is 1.96 bits per heavy atom. The van der Waals surface area contributed by atoms with Crippen molar-refractivity contribution >= 4 is 23.5 Å². The Balaban J connectivity index is 1.46. The quantitative estimate of drug-likeness (QED) is 0.820. The van der Waals surface area contributed by atoms with E-state index in [1.165, 1.54) is 18.4 Å². The molecule has 0 bridgehead atoms. The van der Waals surface area contributed by atoms with E-state index in [-0.39, 0.29) is 11.8 Å². The number of aromatic nitrogens is 2. The summed E-state index contributed by atoms with van der Waals surface area (Å²) in [5.74, 6) is 1.15. The largest absolute Gasteiger partial charge is 0.354 e. The maximum Gasteiger partial charge on any atom is 0.225 e. The summed E-state index contributed by atoms with van der Waals surface area (Å²) < 4.78 is 0. The molecule has 0 spiro atoms. The molecule has 2 heterocycles. The fraction of sp³-hybridized carbons (Fsp3) is 0.500. The number of aryl methyl sites for hydroxylation is 1. The Morgan fingerprint density at radius 3 is 2.79 bits per heavy atom. The number of carbonyl (C=O) groups excluding carboxylic acids is 1. The molecule has 1 aromatic heterocycles. The molecule has 4 rings (SSSR count). The monoisotopic (exact) mass is 396 g/mol. The topological polar surface area (TPSA) is 58.1 Å². The highest BCUT2D eigenvalue weighted by atomic mass is 32.2.